The molecule has 1 amide bonds. The zero-order chi connectivity index (χ0) is 14.1. The first-order chi connectivity index (χ1) is 9.68. The fraction of sp³-hybridized carbons (Fsp3) is 0.375. The van der Waals surface area contributed by atoms with Crippen LogP contribution in [0.2, 0.25) is 0 Å². The van der Waals surface area contributed by atoms with Crippen molar-refractivity contribution in [2.45, 2.75) is 31.3 Å². The van der Waals surface area contributed by atoms with Crippen LogP contribution < -0.4 is 0 Å². The van der Waals surface area contributed by atoms with E-state index >= 15 is 0 Å². The van der Waals surface area contributed by atoms with Crippen molar-refractivity contribution >= 4 is 11.9 Å². The molecule has 3 rings (SSSR count). The highest BCUT2D eigenvalue weighted by atomic mass is 16.4. The number of allylic oxidation sites excluding steroid dienone is 1. The Bertz CT molecular complexity index is 552. The number of likely N-dealkylation sites (tertiary alicyclic amines) is 1. The van der Waals surface area contributed by atoms with E-state index in [-0.39, 0.29) is 17.9 Å². The maximum Gasteiger partial charge on any atom is 0.326 e. The second-order valence-electron chi connectivity index (χ2n) is 5.42. The van der Waals surface area contributed by atoms with Gasteiger partial charge in [0, 0.05) is 5.56 Å². The van der Waals surface area contributed by atoms with Crippen LogP contribution in [-0.2, 0) is 4.79 Å². The van der Waals surface area contributed by atoms with Gasteiger partial charge in [-0.3, -0.25) is 4.79 Å². The van der Waals surface area contributed by atoms with Crippen LogP contribution >= 0.6 is 0 Å². The molecule has 0 aromatic heterocycles. The molecule has 4 nitrogen and oxygen atoms in total. The van der Waals surface area contributed by atoms with Crippen LogP contribution in [0.4, 0.5) is 0 Å². The highest BCUT2D eigenvalue weighted by Crippen LogP contribution is 2.37. The van der Waals surface area contributed by atoms with E-state index in [0.29, 0.717) is 12.0 Å². The Hall–Kier alpha value is -2.10. The number of hydrogen-bond donors (Lipinski definition) is 1. The van der Waals surface area contributed by atoms with E-state index in [9.17, 15) is 14.7 Å². The Morgan fingerprint density at radius 1 is 1.20 bits per heavy atom. The lowest BCUT2D eigenvalue weighted by atomic mass is 9.89. The molecule has 0 bridgehead atoms. The molecule has 1 N–H and O–H groups in total. The molecule has 0 saturated carbocycles. The van der Waals surface area contributed by atoms with Crippen molar-refractivity contribution in [3.8, 4) is 0 Å². The molecule has 0 spiro atoms. The van der Waals surface area contributed by atoms with Gasteiger partial charge in [0.15, 0.2) is 0 Å². The molecule has 1 aliphatic carbocycles. The predicted octanol–water partition coefficient (Wildman–Crippen LogP) is 2.32. The Morgan fingerprint density at radius 2 is 1.95 bits per heavy atom. The summed E-state index contributed by atoms with van der Waals surface area (Å²) in [4.78, 5) is 25.7. The van der Waals surface area contributed by atoms with Crippen LogP contribution in [0.1, 0.15) is 29.6 Å². The molecular weight excluding hydrogens is 254 g/mol. The van der Waals surface area contributed by atoms with E-state index in [1.54, 1.807) is 29.2 Å². The number of hydrogen-bond acceptors (Lipinski definition) is 2. The van der Waals surface area contributed by atoms with Crippen molar-refractivity contribution in [2.75, 3.05) is 0 Å². The summed E-state index contributed by atoms with van der Waals surface area (Å²) in [5.74, 6) is -0.817. The van der Waals surface area contributed by atoms with Crippen molar-refractivity contribution in [1.82, 2.24) is 4.90 Å². The maximum atomic E-state index is 12.6. The van der Waals surface area contributed by atoms with E-state index in [1.165, 1.54) is 0 Å². The van der Waals surface area contributed by atoms with Crippen LogP contribution in [0, 0.1) is 5.92 Å². The topological polar surface area (TPSA) is 57.6 Å². The second-order valence-corrected chi connectivity index (χ2v) is 5.42. The molecule has 20 heavy (non-hydrogen) atoms. The van der Waals surface area contributed by atoms with Gasteiger partial charge in [0.25, 0.3) is 5.91 Å². The summed E-state index contributed by atoms with van der Waals surface area (Å²) in [7, 11) is 0. The Labute approximate surface area is 117 Å². The van der Waals surface area contributed by atoms with Crippen molar-refractivity contribution in [3.63, 3.8) is 0 Å². The molecule has 3 atom stereocenters. The number of rotatable bonds is 2. The Kier molecular flexibility index (Phi) is 3.30. The van der Waals surface area contributed by atoms with Crippen molar-refractivity contribution in [1.29, 1.82) is 0 Å². The first kappa shape index (κ1) is 12.9. The summed E-state index contributed by atoms with van der Waals surface area (Å²) in [6.07, 6.45) is 6.54. The van der Waals surface area contributed by atoms with Gasteiger partial charge in [-0.1, -0.05) is 30.4 Å². The molecule has 104 valence electrons. The zero-order valence-electron chi connectivity index (χ0n) is 11.1. The standard InChI is InChI=1S/C16H17NO3/c18-15(11-6-2-1-3-7-11)17-13-9-5-4-8-12(13)10-14(17)16(19)20/h1-3,5-7,9,12-14H,4,8,10H2,(H,19,20)/t12-,13?,14+/m1/s1. The van der Waals surface area contributed by atoms with Gasteiger partial charge in [0.05, 0.1) is 6.04 Å². The lowest BCUT2D eigenvalue weighted by Gasteiger charge is -2.29. The average Bonchev–Trinajstić information content (AvgIpc) is 2.87. The van der Waals surface area contributed by atoms with Crippen LogP contribution in [0.3, 0.4) is 0 Å². The third-order valence-electron chi connectivity index (χ3n) is 4.24. The molecule has 0 radical (unpaired) electrons. The van der Waals surface area contributed by atoms with Gasteiger partial charge in [0.1, 0.15) is 6.04 Å². The Morgan fingerprint density at radius 3 is 2.65 bits per heavy atom. The fourth-order valence-corrected chi connectivity index (χ4v) is 3.29. The summed E-state index contributed by atoms with van der Waals surface area (Å²) < 4.78 is 0. The van der Waals surface area contributed by atoms with Gasteiger partial charge < -0.3 is 10.0 Å². The number of benzene rings is 1. The third kappa shape index (κ3) is 2.11. The minimum Gasteiger partial charge on any atom is -0.480 e. The molecule has 2 aliphatic rings. The fourth-order valence-electron chi connectivity index (χ4n) is 3.29. The number of aliphatic carboxylic acids is 1. The molecular formula is C16H17NO3. The molecule has 1 heterocycles. The lowest BCUT2D eigenvalue weighted by molar-refractivity contribution is -0.141. The van der Waals surface area contributed by atoms with Gasteiger partial charge >= 0.3 is 5.97 Å². The number of carboxylic acid groups (broad SMARTS) is 1. The number of carboxylic acids is 1. The highest BCUT2D eigenvalue weighted by molar-refractivity contribution is 5.97. The molecule has 1 fully saturated rings. The summed E-state index contributed by atoms with van der Waals surface area (Å²) in [5.41, 5.74) is 0.554. The molecule has 4 heteroatoms. The van der Waals surface area contributed by atoms with Crippen molar-refractivity contribution < 1.29 is 14.7 Å². The van der Waals surface area contributed by atoms with E-state index in [4.69, 9.17) is 0 Å². The smallest absolute Gasteiger partial charge is 0.326 e. The zero-order valence-corrected chi connectivity index (χ0v) is 11.1. The van der Waals surface area contributed by atoms with E-state index < -0.39 is 12.0 Å². The van der Waals surface area contributed by atoms with Gasteiger partial charge in [-0.25, -0.2) is 4.79 Å². The van der Waals surface area contributed by atoms with E-state index in [2.05, 4.69) is 6.08 Å². The second kappa shape index (κ2) is 5.12. The number of nitrogens with zero attached hydrogens (tertiary/aromatic N) is 1. The largest absolute Gasteiger partial charge is 0.480 e. The molecule has 1 aliphatic heterocycles. The van der Waals surface area contributed by atoms with Gasteiger partial charge in [-0.05, 0) is 37.3 Å². The van der Waals surface area contributed by atoms with E-state index in [0.717, 1.165) is 12.8 Å². The predicted molar refractivity (Wildman–Crippen MR) is 74.3 cm³/mol. The quantitative estimate of drug-likeness (QED) is 0.840. The normalized spacial score (nSPS) is 28.2. The molecule has 1 saturated heterocycles. The SMILES string of the molecule is O=C(O)[C@@H]1C[C@H]2CCC=CC2N1C(=O)c1ccccc1. The summed E-state index contributed by atoms with van der Waals surface area (Å²) in [6.45, 7) is 0. The monoisotopic (exact) mass is 271 g/mol. The van der Waals surface area contributed by atoms with Gasteiger partial charge in [-0.15, -0.1) is 0 Å². The minimum atomic E-state index is -0.905. The summed E-state index contributed by atoms with van der Waals surface area (Å²) >= 11 is 0. The van der Waals surface area contributed by atoms with Gasteiger partial charge in [-0.2, -0.15) is 0 Å². The number of fused-ring (bicyclic) bond motifs is 1. The van der Waals surface area contributed by atoms with E-state index in [1.807, 2.05) is 12.1 Å². The summed E-state index contributed by atoms with van der Waals surface area (Å²) in [6, 6.07) is 8.14. The van der Waals surface area contributed by atoms with Crippen molar-refractivity contribution in [3.05, 3.63) is 48.0 Å². The first-order valence-electron chi connectivity index (χ1n) is 6.95. The van der Waals surface area contributed by atoms with Crippen molar-refractivity contribution in [2.24, 2.45) is 5.92 Å². The lowest BCUT2D eigenvalue weighted by Crippen LogP contribution is -2.45. The first-order valence-corrected chi connectivity index (χ1v) is 6.95. The third-order valence-corrected chi connectivity index (χ3v) is 4.24. The molecule has 1 aromatic rings. The Balaban J connectivity index is 1.95. The number of amides is 1. The molecule has 1 aromatic carbocycles. The summed E-state index contributed by atoms with van der Waals surface area (Å²) in [5, 5.41) is 9.41. The van der Waals surface area contributed by atoms with Crippen LogP contribution in [0.5, 0.6) is 0 Å². The average molecular weight is 271 g/mol. The van der Waals surface area contributed by atoms with Gasteiger partial charge in [0.2, 0.25) is 0 Å². The molecule has 1 unspecified atom stereocenters. The maximum absolute atomic E-state index is 12.6. The number of carbonyl (C=O) groups is 2. The van der Waals surface area contributed by atoms with Crippen LogP contribution in [-0.4, -0.2) is 34.0 Å². The van der Waals surface area contributed by atoms with Crippen LogP contribution in [0.15, 0.2) is 42.5 Å². The highest BCUT2D eigenvalue weighted by Gasteiger charge is 2.46. The minimum absolute atomic E-state index is 0.0717. The van der Waals surface area contributed by atoms with Crippen LogP contribution in [0.25, 0.3) is 0 Å². The number of carbonyl (C=O) groups excluding carboxylic acids is 1.